The summed E-state index contributed by atoms with van der Waals surface area (Å²) in [7, 11) is 1.63. The number of ether oxygens (including phenoxy) is 1. The van der Waals surface area contributed by atoms with Crippen LogP contribution in [0.4, 0.5) is 11.4 Å². The van der Waals surface area contributed by atoms with Crippen LogP contribution in [-0.2, 0) is 101 Å². The molecule has 11 amide bonds. The van der Waals surface area contributed by atoms with Crippen LogP contribution in [0, 0.1) is 10.1 Å². The number of nitrogens with one attached hydrogen (secondary N) is 16. The SMILES string of the molecule is CC(=O)N[C@@H](CSCC(=O)OCCN(C)c1ccc([N+](=O)[O-])c2nonc12)C(=O)N[C@@H](C)C(=O)N[C@@H](C)C(=O)N[C@@H](Cc1c[nH]cn1)C(=O)N[C@@H](Cc1c[nH]cn1)C(=O)N[C@@H](Cc1c[nH]cn1)C(=O)N[C@@H](Cc1c[nH]cn1)C(=O)N[C@@H](Cc1c[nH]cn1)C(=O)N[C@@H](Cc1c[nH]cn1)C(=O)N[C@@H](C)C(N)=O. The largest absolute Gasteiger partial charge is 0.463 e. The quantitative estimate of drug-likeness (QED) is 0.00970. The summed E-state index contributed by atoms with van der Waals surface area (Å²) in [4.78, 5) is 220. The number of thioether (sulfide) groups is 1. The van der Waals surface area contributed by atoms with Crippen molar-refractivity contribution in [2.24, 2.45) is 5.73 Å². The number of nitrogens with two attached hydrogens (primary N) is 1. The first-order valence-electron chi connectivity index (χ1n) is 32.3. The molecule has 558 valence electrons. The topological polar surface area (TPSA) is 618 Å². The number of aromatic amines is 6. The molecule has 44 heteroatoms. The second kappa shape index (κ2) is 37.7. The van der Waals surface area contributed by atoms with Crippen LogP contribution in [0.25, 0.3) is 11.0 Å². The van der Waals surface area contributed by atoms with Crippen LogP contribution in [0.1, 0.15) is 61.9 Å². The first kappa shape index (κ1) is 77.8. The zero-order valence-corrected chi connectivity index (χ0v) is 57.7. The van der Waals surface area contributed by atoms with Crippen LogP contribution in [0.15, 0.2) is 91.9 Å². The lowest BCUT2D eigenvalue weighted by Gasteiger charge is -2.27. The summed E-state index contributed by atoms with van der Waals surface area (Å²) < 4.78 is 10.1. The third-order valence-electron chi connectivity index (χ3n) is 15.8. The number of carbonyl (C=O) groups is 12. The van der Waals surface area contributed by atoms with Crippen LogP contribution >= 0.6 is 11.8 Å². The van der Waals surface area contributed by atoms with Gasteiger partial charge in [-0.3, -0.25) is 67.6 Å². The highest BCUT2D eigenvalue weighted by atomic mass is 32.2. The van der Waals surface area contributed by atoms with E-state index >= 15 is 0 Å². The number of hydrogen-bond acceptors (Lipinski definition) is 26. The molecule has 0 aliphatic heterocycles. The van der Waals surface area contributed by atoms with Gasteiger partial charge in [-0.25, -0.2) is 34.5 Å². The van der Waals surface area contributed by atoms with Gasteiger partial charge in [0.25, 0.3) is 0 Å². The van der Waals surface area contributed by atoms with Gasteiger partial charge in [-0.05, 0) is 37.2 Å². The van der Waals surface area contributed by atoms with Gasteiger partial charge in [0, 0.05) is 101 Å². The molecule has 105 heavy (non-hydrogen) atoms. The zero-order chi connectivity index (χ0) is 75.7. The first-order valence-corrected chi connectivity index (χ1v) is 33.4. The second-order valence-electron chi connectivity index (χ2n) is 23.8. The summed E-state index contributed by atoms with van der Waals surface area (Å²) in [6.07, 6.45) is 15.1. The number of hydrogen-bond donors (Lipinski definition) is 17. The molecule has 0 aliphatic carbocycles. The van der Waals surface area contributed by atoms with Crippen molar-refractivity contribution in [1.29, 1.82) is 0 Å². The number of imidazole rings is 6. The smallest absolute Gasteiger partial charge is 0.315 e. The van der Waals surface area contributed by atoms with E-state index in [2.05, 4.69) is 123 Å². The summed E-state index contributed by atoms with van der Waals surface area (Å²) in [5, 5.41) is 44.6. The molecule has 0 aliphatic rings. The molecule has 1 aromatic carbocycles. The first-order chi connectivity index (χ1) is 50.3. The van der Waals surface area contributed by atoms with E-state index in [0.29, 0.717) is 17.1 Å². The summed E-state index contributed by atoms with van der Waals surface area (Å²) in [5.41, 5.74) is 7.28. The number of H-pyrrole nitrogens is 6. The van der Waals surface area contributed by atoms with E-state index in [1.165, 1.54) is 108 Å². The number of fused-ring (bicyclic) bond motifs is 1. The summed E-state index contributed by atoms with van der Waals surface area (Å²) in [6.45, 7) is 5.10. The molecule has 0 unspecified atom stereocenters. The zero-order valence-electron chi connectivity index (χ0n) is 56.9. The number of nitrogens with zero attached hydrogens (tertiary/aromatic N) is 10. The summed E-state index contributed by atoms with van der Waals surface area (Å²) >= 11 is 0.939. The van der Waals surface area contributed by atoms with E-state index in [4.69, 9.17) is 15.1 Å². The Morgan fingerprint density at radius 2 is 0.810 bits per heavy atom. The van der Waals surface area contributed by atoms with Crippen LogP contribution in [0.5, 0.6) is 0 Å². The predicted molar refractivity (Wildman–Crippen MR) is 365 cm³/mol. The van der Waals surface area contributed by atoms with E-state index in [1.807, 2.05) is 0 Å². The molecule has 0 radical (unpaired) electrons. The lowest BCUT2D eigenvalue weighted by molar-refractivity contribution is -0.383. The second-order valence-corrected chi connectivity index (χ2v) is 24.8. The van der Waals surface area contributed by atoms with Gasteiger partial charge in [0.1, 0.15) is 67.0 Å². The fourth-order valence-corrected chi connectivity index (χ4v) is 11.0. The Morgan fingerprint density at radius 3 is 1.15 bits per heavy atom. The van der Waals surface area contributed by atoms with Gasteiger partial charge in [-0.2, -0.15) is 0 Å². The number of nitro groups is 1. The van der Waals surface area contributed by atoms with Crippen LogP contribution in [0.2, 0.25) is 0 Å². The van der Waals surface area contributed by atoms with Crippen molar-refractivity contribution in [1.82, 2.24) is 123 Å². The number of likely N-dealkylation sites (N-methyl/N-ethyl adjacent to an activating group) is 1. The number of nitro benzene ring substituents is 1. The molecular formula is C61H77N27O16S. The molecule has 0 saturated carbocycles. The van der Waals surface area contributed by atoms with E-state index in [0.717, 1.165) is 18.7 Å². The molecule has 10 atom stereocenters. The van der Waals surface area contributed by atoms with Crippen molar-refractivity contribution in [3.63, 3.8) is 0 Å². The average Bonchev–Trinajstić information content (AvgIpc) is 1.69. The molecule has 8 rings (SSSR count). The van der Waals surface area contributed by atoms with Gasteiger partial charge < -0.3 is 98.4 Å². The number of anilines is 1. The highest BCUT2D eigenvalue weighted by Gasteiger charge is 2.37. The Kier molecular flexibility index (Phi) is 27.9. The number of amides is 11. The average molecular weight is 1480 g/mol. The Balaban J connectivity index is 0.910. The molecular weight excluding hydrogens is 1400 g/mol. The fraction of sp³-hybridized carbons (Fsp3) is 0.410. The van der Waals surface area contributed by atoms with Crippen molar-refractivity contribution >= 4 is 105 Å². The molecule has 0 spiro atoms. The van der Waals surface area contributed by atoms with Crippen LogP contribution < -0.4 is 63.8 Å². The highest BCUT2D eigenvalue weighted by Crippen LogP contribution is 2.30. The Labute approximate surface area is 598 Å². The minimum absolute atomic E-state index is 0.0623. The third-order valence-corrected chi connectivity index (χ3v) is 16.8. The van der Waals surface area contributed by atoms with Gasteiger partial charge in [0.15, 0.2) is 5.52 Å². The maximum Gasteiger partial charge on any atom is 0.315 e. The van der Waals surface area contributed by atoms with Crippen molar-refractivity contribution < 1.29 is 71.8 Å². The molecule has 7 heterocycles. The van der Waals surface area contributed by atoms with Crippen LogP contribution in [-0.4, -0.2) is 238 Å². The summed E-state index contributed by atoms with van der Waals surface area (Å²) in [5.74, 6) is -10.7. The monoisotopic (exact) mass is 1480 g/mol. The van der Waals surface area contributed by atoms with Gasteiger partial charge in [-0.15, -0.1) is 11.8 Å². The van der Waals surface area contributed by atoms with Crippen LogP contribution in [0.3, 0.4) is 0 Å². The van der Waals surface area contributed by atoms with Crippen molar-refractivity contribution in [2.45, 2.75) is 127 Å². The van der Waals surface area contributed by atoms with Gasteiger partial charge >= 0.3 is 11.7 Å². The third kappa shape index (κ3) is 23.3. The van der Waals surface area contributed by atoms with Crippen molar-refractivity contribution in [3.8, 4) is 0 Å². The number of aromatic nitrogens is 14. The molecule has 0 fully saturated rings. The summed E-state index contributed by atoms with van der Waals surface area (Å²) in [6, 6.07) is -11.6. The van der Waals surface area contributed by atoms with E-state index in [9.17, 15) is 67.6 Å². The fourth-order valence-electron chi connectivity index (χ4n) is 10.2. The molecule has 0 saturated heterocycles. The maximum absolute atomic E-state index is 14.9. The number of non-ortho nitro benzene ring substituents is 1. The lowest BCUT2D eigenvalue weighted by Crippen LogP contribution is -2.61. The molecule has 43 nitrogen and oxygen atoms in total. The van der Waals surface area contributed by atoms with Gasteiger partial charge in [0.05, 0.1) is 95.0 Å². The Hall–Kier alpha value is -12.9. The minimum Gasteiger partial charge on any atom is -0.463 e. The Morgan fingerprint density at radius 1 is 0.486 bits per heavy atom. The van der Waals surface area contributed by atoms with E-state index < -0.39 is 136 Å². The predicted octanol–water partition coefficient (Wildman–Crippen LogP) is -4.95. The molecule has 7 aromatic heterocycles. The van der Waals surface area contributed by atoms with Gasteiger partial charge in [-0.1, -0.05) is 0 Å². The number of esters is 1. The van der Waals surface area contributed by atoms with Crippen molar-refractivity contribution in [3.05, 3.63) is 132 Å². The van der Waals surface area contributed by atoms with E-state index in [1.54, 1.807) is 11.9 Å². The number of benzene rings is 1. The maximum atomic E-state index is 14.9. The standard InChI is InChI=1S/C61H77N27O16S/c1-30(52(62)91)75-55(94)40(10-34-16-63-24-69-34)80-57(96)42(12-36-18-65-26-71-36)82-59(98)44(14-38-20-67-28-73-38)84-60(99)45(15-39-21-68-29-74-39)83-58(97)43(13-37-19-66-27-72-37)81-56(95)41(11-35-17-64-25-70-35)79-54(93)32(3)76-53(92)31(2)77-61(100)46(78-33(4)89)22-105-23-49(90)103-9-8-87(5)47-6-7-48(88(101)102)51-50(47)85-104-86-51/h6-7,16-21,24-32,40-46H,8-15,22-23H2,1-5H3,(H2,62,91)(H,63,69)(H,64,70)(H,65,71)(H,66,72)(H,67,73)(H,68,74)(H,75,94)(H,76,92)(H,77,100)(H,78,89)(H,79,93)(H,80,96)(H,81,95)(H,82,98)(H,83,97)(H,84,99)/t30-,31-,32-,40-,41-,42-,43-,44-,45-,46-/m0/s1. The molecule has 0 bridgehead atoms. The lowest BCUT2D eigenvalue weighted by atomic mass is 10.0. The van der Waals surface area contributed by atoms with Crippen molar-refractivity contribution in [2.75, 3.05) is 36.6 Å². The number of primary amides is 1. The Bertz CT molecular complexity index is 4250. The molecule has 18 N–H and O–H groups in total. The minimum atomic E-state index is -1.58. The highest BCUT2D eigenvalue weighted by molar-refractivity contribution is 8.00. The van der Waals surface area contributed by atoms with E-state index in [-0.39, 0.29) is 103 Å². The normalized spacial score (nSPS) is 14.0. The number of carbonyl (C=O) groups excluding carboxylic acids is 12. The molecule has 8 aromatic rings. The number of rotatable bonds is 41. The van der Waals surface area contributed by atoms with Gasteiger partial charge in [0.2, 0.25) is 70.5 Å².